The largest absolute Gasteiger partial charge is 0.493 e. The second-order valence-electron chi connectivity index (χ2n) is 11.6. The summed E-state index contributed by atoms with van der Waals surface area (Å²) in [5, 5.41) is 10.5. The van der Waals surface area contributed by atoms with E-state index >= 15 is 0 Å². The van der Waals surface area contributed by atoms with Gasteiger partial charge < -0.3 is 24.5 Å². The SMILES string of the molecule is CCCCN(CCCCN(C)C)C(=O)CN1CC(c2ccc3c(c2)CCO3)C(C(=O)O)C1CCN(CC)C(C)=O. The maximum atomic E-state index is 13.7. The number of nitrogens with zero attached hydrogens (tertiary/aromatic N) is 4. The van der Waals surface area contributed by atoms with E-state index in [0.29, 0.717) is 32.7 Å². The zero-order valence-corrected chi connectivity index (χ0v) is 25.2. The lowest BCUT2D eigenvalue weighted by Gasteiger charge is -2.31. The molecule has 3 rings (SSSR count). The van der Waals surface area contributed by atoms with Gasteiger partial charge in [0.05, 0.1) is 19.1 Å². The van der Waals surface area contributed by atoms with E-state index in [1.54, 1.807) is 11.8 Å². The van der Waals surface area contributed by atoms with Crippen molar-refractivity contribution in [3.05, 3.63) is 29.3 Å². The number of unbranched alkanes of at least 4 members (excludes halogenated alkanes) is 2. The summed E-state index contributed by atoms with van der Waals surface area (Å²) >= 11 is 0. The summed E-state index contributed by atoms with van der Waals surface area (Å²) in [4.78, 5) is 46.6. The summed E-state index contributed by atoms with van der Waals surface area (Å²) < 4.78 is 5.68. The van der Waals surface area contributed by atoms with Gasteiger partial charge in [0.2, 0.25) is 11.8 Å². The highest BCUT2D eigenvalue weighted by atomic mass is 16.5. The first-order valence-electron chi connectivity index (χ1n) is 15.1. The summed E-state index contributed by atoms with van der Waals surface area (Å²) in [5.41, 5.74) is 2.10. The lowest BCUT2D eigenvalue weighted by molar-refractivity contribution is -0.144. The van der Waals surface area contributed by atoms with Gasteiger partial charge in [0, 0.05) is 58.0 Å². The Hall–Kier alpha value is -2.65. The second kappa shape index (κ2) is 15.4. The van der Waals surface area contributed by atoms with Crippen LogP contribution in [0.1, 0.15) is 69.9 Å². The molecule has 1 saturated heterocycles. The molecule has 224 valence electrons. The van der Waals surface area contributed by atoms with Crippen LogP contribution in [-0.2, 0) is 20.8 Å². The molecule has 2 heterocycles. The fourth-order valence-corrected chi connectivity index (χ4v) is 6.17. The molecule has 2 amide bonds. The number of carboxylic acids is 1. The number of aliphatic carboxylic acids is 1. The molecule has 0 aromatic heterocycles. The minimum atomic E-state index is -0.848. The van der Waals surface area contributed by atoms with E-state index in [1.807, 2.05) is 24.0 Å². The Balaban J connectivity index is 1.83. The molecule has 0 aliphatic carbocycles. The molecular formula is C31H50N4O5. The molecule has 9 nitrogen and oxygen atoms in total. The predicted molar refractivity (Wildman–Crippen MR) is 157 cm³/mol. The number of fused-ring (bicyclic) bond motifs is 1. The summed E-state index contributed by atoms with van der Waals surface area (Å²) in [6, 6.07) is 5.69. The van der Waals surface area contributed by atoms with Crippen molar-refractivity contribution in [3.63, 3.8) is 0 Å². The molecule has 0 bridgehead atoms. The van der Waals surface area contributed by atoms with Gasteiger partial charge in [0.25, 0.3) is 0 Å². The number of benzene rings is 1. The lowest BCUT2D eigenvalue weighted by atomic mass is 9.83. The maximum absolute atomic E-state index is 13.7. The Morgan fingerprint density at radius 1 is 1.02 bits per heavy atom. The van der Waals surface area contributed by atoms with Crippen LogP contribution in [0.2, 0.25) is 0 Å². The highest BCUT2D eigenvalue weighted by Gasteiger charge is 2.47. The quantitative estimate of drug-likeness (QED) is 0.311. The zero-order chi connectivity index (χ0) is 29.2. The maximum Gasteiger partial charge on any atom is 0.308 e. The Morgan fingerprint density at radius 3 is 2.40 bits per heavy atom. The molecule has 3 atom stereocenters. The summed E-state index contributed by atoms with van der Waals surface area (Å²) in [5.74, 6) is -0.832. The van der Waals surface area contributed by atoms with Gasteiger partial charge in [0.1, 0.15) is 5.75 Å². The van der Waals surface area contributed by atoms with Gasteiger partial charge in [-0.1, -0.05) is 25.5 Å². The number of rotatable bonds is 16. The fourth-order valence-electron chi connectivity index (χ4n) is 6.17. The van der Waals surface area contributed by atoms with Crippen LogP contribution in [-0.4, -0.2) is 115 Å². The van der Waals surface area contributed by atoms with Crippen molar-refractivity contribution in [1.29, 1.82) is 0 Å². The third-order valence-electron chi connectivity index (χ3n) is 8.45. The molecule has 0 spiro atoms. The molecule has 2 aliphatic heterocycles. The van der Waals surface area contributed by atoms with Crippen molar-refractivity contribution >= 4 is 17.8 Å². The van der Waals surface area contributed by atoms with Gasteiger partial charge in [0.15, 0.2) is 0 Å². The van der Waals surface area contributed by atoms with Crippen LogP contribution in [0.4, 0.5) is 0 Å². The van der Waals surface area contributed by atoms with Gasteiger partial charge >= 0.3 is 5.97 Å². The third-order valence-corrected chi connectivity index (χ3v) is 8.45. The van der Waals surface area contributed by atoms with E-state index in [0.717, 1.165) is 68.6 Å². The van der Waals surface area contributed by atoms with Crippen LogP contribution in [0.5, 0.6) is 5.75 Å². The Morgan fingerprint density at radius 2 is 1.75 bits per heavy atom. The molecular weight excluding hydrogens is 508 g/mol. The van der Waals surface area contributed by atoms with E-state index in [-0.39, 0.29) is 30.3 Å². The minimum Gasteiger partial charge on any atom is -0.493 e. The molecule has 40 heavy (non-hydrogen) atoms. The van der Waals surface area contributed by atoms with Crippen LogP contribution in [0, 0.1) is 5.92 Å². The van der Waals surface area contributed by atoms with Gasteiger partial charge in [-0.15, -0.1) is 0 Å². The first-order valence-corrected chi connectivity index (χ1v) is 15.1. The Bertz CT molecular complexity index is 1000. The number of hydrogen-bond acceptors (Lipinski definition) is 6. The molecule has 9 heteroatoms. The predicted octanol–water partition coefficient (Wildman–Crippen LogP) is 3.32. The van der Waals surface area contributed by atoms with Crippen LogP contribution >= 0.6 is 0 Å². The Labute approximate surface area is 240 Å². The average molecular weight is 559 g/mol. The van der Waals surface area contributed by atoms with Crippen LogP contribution in [0.25, 0.3) is 0 Å². The Kier molecular flexibility index (Phi) is 12.3. The summed E-state index contributed by atoms with van der Waals surface area (Å²) in [6.07, 6.45) is 5.27. The molecule has 3 unspecified atom stereocenters. The number of carbonyl (C=O) groups excluding carboxylic acids is 2. The number of carboxylic acid groups (broad SMARTS) is 1. The first-order chi connectivity index (χ1) is 19.2. The normalized spacial score (nSPS) is 20.4. The van der Waals surface area contributed by atoms with Gasteiger partial charge in [-0.05, 0) is 70.4 Å². The zero-order valence-electron chi connectivity index (χ0n) is 25.2. The number of likely N-dealkylation sites (tertiary alicyclic amines) is 1. The van der Waals surface area contributed by atoms with Crippen molar-refractivity contribution in [2.24, 2.45) is 5.92 Å². The summed E-state index contributed by atoms with van der Waals surface area (Å²) in [6.45, 7) is 10.4. The molecule has 1 N–H and O–H groups in total. The van der Waals surface area contributed by atoms with Gasteiger partial charge in [-0.2, -0.15) is 0 Å². The monoisotopic (exact) mass is 558 g/mol. The first kappa shape index (κ1) is 31.9. The highest BCUT2D eigenvalue weighted by Crippen LogP contribution is 2.41. The molecule has 0 saturated carbocycles. The standard InChI is InChI=1S/C31H50N4O5/c1-6-8-16-34(17-10-9-15-32(4)5)29(37)22-35-21-26(24-11-12-28-25(20-24)14-19-40-28)30(31(38)39)27(35)13-18-33(7-2)23(3)36/h11-12,20,26-27,30H,6-10,13-19,21-22H2,1-5H3,(H,38,39). The van der Waals surface area contributed by atoms with Crippen molar-refractivity contribution in [1.82, 2.24) is 19.6 Å². The average Bonchev–Trinajstić information content (AvgIpc) is 3.52. The van der Waals surface area contributed by atoms with E-state index in [1.165, 1.54) is 0 Å². The number of amides is 2. The fraction of sp³-hybridized carbons (Fsp3) is 0.710. The molecule has 1 aromatic rings. The van der Waals surface area contributed by atoms with E-state index in [9.17, 15) is 19.5 Å². The second-order valence-corrected chi connectivity index (χ2v) is 11.6. The van der Waals surface area contributed by atoms with Crippen molar-refractivity contribution < 1.29 is 24.2 Å². The number of hydrogen-bond donors (Lipinski definition) is 1. The van der Waals surface area contributed by atoms with E-state index in [4.69, 9.17) is 4.74 Å². The van der Waals surface area contributed by atoms with E-state index in [2.05, 4.69) is 36.9 Å². The molecule has 1 fully saturated rings. The summed E-state index contributed by atoms with van der Waals surface area (Å²) in [7, 11) is 4.12. The van der Waals surface area contributed by atoms with Gasteiger partial charge in [-0.25, -0.2) is 0 Å². The van der Waals surface area contributed by atoms with Crippen LogP contribution in [0.3, 0.4) is 0 Å². The van der Waals surface area contributed by atoms with Crippen LogP contribution in [0.15, 0.2) is 18.2 Å². The van der Waals surface area contributed by atoms with Crippen molar-refractivity contribution in [2.75, 3.05) is 66.5 Å². The molecule has 0 radical (unpaired) electrons. The number of ether oxygens (including phenoxy) is 1. The number of carbonyl (C=O) groups is 3. The molecule has 2 aliphatic rings. The third kappa shape index (κ3) is 8.43. The molecule has 1 aromatic carbocycles. The van der Waals surface area contributed by atoms with Crippen molar-refractivity contribution in [2.45, 2.75) is 71.3 Å². The van der Waals surface area contributed by atoms with E-state index < -0.39 is 11.9 Å². The lowest BCUT2D eigenvalue weighted by Crippen LogP contribution is -2.46. The smallest absolute Gasteiger partial charge is 0.308 e. The van der Waals surface area contributed by atoms with Crippen LogP contribution < -0.4 is 4.74 Å². The van der Waals surface area contributed by atoms with Crippen molar-refractivity contribution in [3.8, 4) is 5.75 Å². The minimum absolute atomic E-state index is 0.0198. The topological polar surface area (TPSA) is 93.6 Å². The highest BCUT2D eigenvalue weighted by molar-refractivity contribution is 5.79. The van der Waals surface area contributed by atoms with Gasteiger partial charge in [-0.3, -0.25) is 19.3 Å².